The highest BCUT2D eigenvalue weighted by Gasteiger charge is 2.36. The summed E-state index contributed by atoms with van der Waals surface area (Å²) in [5, 5.41) is 12.3. The van der Waals surface area contributed by atoms with E-state index < -0.39 is 11.9 Å². The molecule has 19 heavy (non-hydrogen) atoms. The molecule has 1 aliphatic heterocycles. The van der Waals surface area contributed by atoms with Crippen LogP contribution in [0.2, 0.25) is 0 Å². The van der Waals surface area contributed by atoms with Gasteiger partial charge in [0.15, 0.2) is 0 Å². The fourth-order valence-corrected chi connectivity index (χ4v) is 3.33. The third-order valence-electron chi connectivity index (χ3n) is 4.39. The van der Waals surface area contributed by atoms with Crippen LogP contribution in [0.15, 0.2) is 0 Å². The quantitative estimate of drug-likeness (QED) is 0.804. The Morgan fingerprint density at radius 2 is 1.79 bits per heavy atom. The van der Waals surface area contributed by atoms with Gasteiger partial charge in [0.05, 0.1) is 11.8 Å². The largest absolute Gasteiger partial charge is 0.481 e. The third-order valence-corrected chi connectivity index (χ3v) is 4.39. The summed E-state index contributed by atoms with van der Waals surface area (Å²) in [6.45, 7) is 1.95. The van der Waals surface area contributed by atoms with Gasteiger partial charge >= 0.3 is 5.97 Å². The molecule has 1 aliphatic carbocycles. The molecule has 3 atom stereocenters. The minimum atomic E-state index is -0.819. The molecule has 3 unspecified atom stereocenters. The second-order valence-electron chi connectivity index (χ2n) is 5.95. The van der Waals surface area contributed by atoms with Crippen LogP contribution in [0.5, 0.6) is 0 Å². The van der Waals surface area contributed by atoms with Crippen molar-refractivity contribution in [2.24, 2.45) is 11.8 Å². The van der Waals surface area contributed by atoms with Gasteiger partial charge in [-0.05, 0) is 39.3 Å². The number of nitrogens with one attached hydrogen (secondary N) is 1. The van der Waals surface area contributed by atoms with Crippen LogP contribution >= 0.6 is 0 Å². The lowest BCUT2D eigenvalue weighted by Crippen LogP contribution is -2.50. The van der Waals surface area contributed by atoms with Crippen molar-refractivity contribution in [3.05, 3.63) is 0 Å². The van der Waals surface area contributed by atoms with Gasteiger partial charge in [0.25, 0.3) is 0 Å². The van der Waals surface area contributed by atoms with Crippen LogP contribution in [0.3, 0.4) is 0 Å². The molecule has 0 aromatic rings. The molecule has 0 bridgehead atoms. The van der Waals surface area contributed by atoms with Crippen molar-refractivity contribution in [1.82, 2.24) is 10.2 Å². The minimum absolute atomic E-state index is 0.0487. The number of carboxylic acid groups (broad SMARTS) is 1. The number of carboxylic acids is 1. The Hall–Kier alpha value is -1.10. The molecule has 5 nitrogen and oxygen atoms in total. The van der Waals surface area contributed by atoms with E-state index in [9.17, 15) is 14.7 Å². The van der Waals surface area contributed by atoms with E-state index in [1.165, 1.54) is 0 Å². The van der Waals surface area contributed by atoms with Gasteiger partial charge in [-0.15, -0.1) is 0 Å². The maximum absolute atomic E-state index is 12.3. The lowest BCUT2D eigenvalue weighted by molar-refractivity contribution is -0.149. The Bertz CT molecular complexity index is 346. The number of amides is 1. The maximum Gasteiger partial charge on any atom is 0.307 e. The zero-order valence-corrected chi connectivity index (χ0v) is 11.6. The smallest absolute Gasteiger partial charge is 0.307 e. The van der Waals surface area contributed by atoms with Crippen molar-refractivity contribution in [1.29, 1.82) is 0 Å². The van der Waals surface area contributed by atoms with E-state index >= 15 is 0 Å². The van der Waals surface area contributed by atoms with Gasteiger partial charge in [0.1, 0.15) is 0 Å². The topological polar surface area (TPSA) is 69.6 Å². The van der Waals surface area contributed by atoms with Crippen LogP contribution in [0, 0.1) is 11.8 Å². The first kappa shape index (κ1) is 14.3. The van der Waals surface area contributed by atoms with Crippen LogP contribution < -0.4 is 5.32 Å². The molecular weight excluding hydrogens is 244 g/mol. The van der Waals surface area contributed by atoms with Crippen molar-refractivity contribution in [2.75, 3.05) is 20.1 Å². The molecule has 1 saturated carbocycles. The van der Waals surface area contributed by atoms with Crippen LogP contribution in [0.1, 0.15) is 38.5 Å². The molecule has 108 valence electrons. The van der Waals surface area contributed by atoms with Crippen molar-refractivity contribution in [2.45, 2.75) is 44.6 Å². The highest BCUT2D eigenvalue weighted by atomic mass is 16.4. The lowest BCUT2D eigenvalue weighted by Gasteiger charge is -2.33. The normalized spacial score (nSPS) is 32.8. The Morgan fingerprint density at radius 1 is 1.11 bits per heavy atom. The first-order valence-electron chi connectivity index (χ1n) is 7.29. The minimum Gasteiger partial charge on any atom is -0.481 e. The number of nitrogens with zero attached hydrogens (tertiary/aromatic N) is 1. The van der Waals surface area contributed by atoms with Crippen LogP contribution in [0.4, 0.5) is 0 Å². The van der Waals surface area contributed by atoms with Gasteiger partial charge in [-0.3, -0.25) is 9.59 Å². The number of likely N-dealkylation sites (tertiary alicyclic amines) is 1. The summed E-state index contributed by atoms with van der Waals surface area (Å²) < 4.78 is 0. The molecule has 2 N–H and O–H groups in total. The monoisotopic (exact) mass is 268 g/mol. The number of likely N-dealkylation sites (N-methyl/N-ethyl adjacent to an activating group) is 1. The predicted octanol–water partition coefficient (Wildman–Crippen LogP) is 1.09. The molecule has 2 rings (SSSR count). The van der Waals surface area contributed by atoms with Crippen molar-refractivity contribution >= 4 is 11.9 Å². The average molecular weight is 268 g/mol. The number of rotatable bonds is 3. The average Bonchev–Trinajstić information content (AvgIpc) is 2.38. The summed E-state index contributed by atoms with van der Waals surface area (Å²) in [6.07, 6.45) is 5.33. The van der Waals surface area contributed by atoms with Crippen molar-refractivity contribution < 1.29 is 14.7 Å². The molecule has 0 aromatic carbocycles. The molecule has 2 aliphatic rings. The number of hydrogen-bond acceptors (Lipinski definition) is 3. The first-order valence-corrected chi connectivity index (χ1v) is 7.29. The van der Waals surface area contributed by atoms with Crippen molar-refractivity contribution in [3.63, 3.8) is 0 Å². The highest BCUT2D eigenvalue weighted by molar-refractivity contribution is 5.85. The summed E-state index contributed by atoms with van der Waals surface area (Å²) in [4.78, 5) is 25.7. The van der Waals surface area contributed by atoms with Crippen LogP contribution in [-0.2, 0) is 9.59 Å². The number of hydrogen-bond donors (Lipinski definition) is 2. The standard InChI is InChI=1S/C14H24N2O3/c1-16-8-4-5-10(9-16)15-13(17)11-6-2-3-7-12(11)14(18)19/h10-12H,2-9H2,1H3,(H,15,17)(H,18,19). The molecule has 1 saturated heterocycles. The number of piperidine rings is 1. The second-order valence-corrected chi connectivity index (χ2v) is 5.95. The van der Waals surface area contributed by atoms with E-state index in [2.05, 4.69) is 17.3 Å². The molecule has 1 heterocycles. The van der Waals surface area contributed by atoms with Gasteiger partial charge in [-0.2, -0.15) is 0 Å². The SMILES string of the molecule is CN1CCCC(NC(=O)C2CCCCC2C(=O)O)C1. The predicted molar refractivity (Wildman–Crippen MR) is 71.7 cm³/mol. The number of aliphatic carboxylic acids is 1. The zero-order valence-electron chi connectivity index (χ0n) is 11.6. The summed E-state index contributed by atoms with van der Waals surface area (Å²) in [7, 11) is 2.05. The molecule has 1 amide bonds. The highest BCUT2D eigenvalue weighted by Crippen LogP contribution is 2.30. The number of carbonyl (C=O) groups is 2. The van der Waals surface area contributed by atoms with Crippen molar-refractivity contribution in [3.8, 4) is 0 Å². The summed E-state index contributed by atoms with van der Waals surface area (Å²) >= 11 is 0. The van der Waals surface area contributed by atoms with E-state index in [1.54, 1.807) is 0 Å². The fraction of sp³-hybridized carbons (Fsp3) is 0.857. The molecule has 2 fully saturated rings. The van der Waals surface area contributed by atoms with Gasteiger partial charge in [0.2, 0.25) is 5.91 Å². The summed E-state index contributed by atoms with van der Waals surface area (Å²) in [5.74, 6) is -1.69. The Kier molecular flexibility index (Phi) is 4.80. The second kappa shape index (κ2) is 6.37. The molecule has 0 spiro atoms. The summed E-state index contributed by atoms with van der Waals surface area (Å²) in [6, 6.07) is 0.183. The number of carbonyl (C=O) groups excluding carboxylic acids is 1. The molecule has 5 heteroatoms. The Balaban J connectivity index is 1.92. The van der Waals surface area contributed by atoms with Gasteiger partial charge < -0.3 is 15.3 Å². The van der Waals surface area contributed by atoms with E-state index in [-0.39, 0.29) is 17.9 Å². The maximum atomic E-state index is 12.3. The first-order chi connectivity index (χ1) is 9.08. The zero-order chi connectivity index (χ0) is 13.8. The fourth-order valence-electron chi connectivity index (χ4n) is 3.33. The van der Waals surface area contributed by atoms with E-state index in [4.69, 9.17) is 0 Å². The Labute approximate surface area is 114 Å². The van der Waals surface area contributed by atoms with E-state index in [0.29, 0.717) is 12.8 Å². The lowest BCUT2D eigenvalue weighted by atomic mass is 9.78. The van der Waals surface area contributed by atoms with Gasteiger partial charge in [-0.25, -0.2) is 0 Å². The van der Waals surface area contributed by atoms with E-state index in [1.807, 2.05) is 0 Å². The van der Waals surface area contributed by atoms with Gasteiger partial charge in [-0.1, -0.05) is 12.8 Å². The molecular formula is C14H24N2O3. The van der Waals surface area contributed by atoms with Gasteiger partial charge in [0, 0.05) is 12.6 Å². The van der Waals surface area contributed by atoms with E-state index in [0.717, 1.165) is 38.8 Å². The summed E-state index contributed by atoms with van der Waals surface area (Å²) in [5.41, 5.74) is 0. The Morgan fingerprint density at radius 3 is 2.42 bits per heavy atom. The van der Waals surface area contributed by atoms with Crippen LogP contribution in [-0.4, -0.2) is 48.1 Å². The molecule has 0 aromatic heterocycles. The van der Waals surface area contributed by atoms with Crippen LogP contribution in [0.25, 0.3) is 0 Å². The molecule has 0 radical (unpaired) electrons. The third kappa shape index (κ3) is 3.69.